The van der Waals surface area contributed by atoms with E-state index in [9.17, 15) is 4.79 Å². The van der Waals surface area contributed by atoms with Crippen LogP contribution >= 0.6 is 0 Å². The van der Waals surface area contributed by atoms with Gasteiger partial charge in [0.1, 0.15) is 0 Å². The SMILES string of the molecule is Cc1nn(Cc2ccccc2)c2nc(C3CC3)cc(C(=O)Nc3ccc(CC#N)cc3)c12. The second-order valence-electron chi connectivity index (χ2n) is 8.28. The number of hydrogen-bond donors (Lipinski definition) is 1. The molecule has 1 amide bonds. The molecule has 4 aromatic rings. The van der Waals surface area contributed by atoms with E-state index in [2.05, 4.69) is 23.5 Å². The first-order valence-corrected chi connectivity index (χ1v) is 10.8. The van der Waals surface area contributed by atoms with Gasteiger partial charge in [0, 0.05) is 17.3 Å². The maximum Gasteiger partial charge on any atom is 0.256 e. The molecule has 1 saturated carbocycles. The van der Waals surface area contributed by atoms with Crippen LogP contribution in [0.1, 0.15) is 51.6 Å². The van der Waals surface area contributed by atoms with Crippen LogP contribution in [0.3, 0.4) is 0 Å². The van der Waals surface area contributed by atoms with Gasteiger partial charge in [-0.1, -0.05) is 42.5 Å². The van der Waals surface area contributed by atoms with E-state index in [-0.39, 0.29) is 5.91 Å². The lowest BCUT2D eigenvalue weighted by Gasteiger charge is -2.10. The lowest BCUT2D eigenvalue weighted by atomic mass is 10.1. The summed E-state index contributed by atoms with van der Waals surface area (Å²) in [5, 5.41) is 17.4. The molecule has 0 unspecified atom stereocenters. The molecule has 0 bridgehead atoms. The molecule has 0 atom stereocenters. The molecule has 1 fully saturated rings. The van der Waals surface area contributed by atoms with Crippen LogP contribution in [0.5, 0.6) is 0 Å². The van der Waals surface area contributed by atoms with Crippen LogP contribution in [-0.4, -0.2) is 20.7 Å². The molecule has 0 saturated heterocycles. The number of aromatic nitrogens is 3. The largest absolute Gasteiger partial charge is 0.322 e. The Labute approximate surface area is 186 Å². The van der Waals surface area contributed by atoms with Crippen LogP contribution in [0.2, 0.25) is 0 Å². The molecule has 6 nitrogen and oxygen atoms in total. The number of fused-ring (bicyclic) bond motifs is 1. The molecule has 32 heavy (non-hydrogen) atoms. The number of pyridine rings is 1. The minimum Gasteiger partial charge on any atom is -0.322 e. The van der Waals surface area contributed by atoms with E-state index in [1.165, 1.54) is 0 Å². The number of carbonyl (C=O) groups excluding carboxylic acids is 1. The molecule has 0 spiro atoms. The van der Waals surface area contributed by atoms with Crippen LogP contribution in [-0.2, 0) is 13.0 Å². The molecule has 1 aliphatic rings. The number of carbonyl (C=O) groups is 1. The number of aryl methyl sites for hydroxylation is 1. The summed E-state index contributed by atoms with van der Waals surface area (Å²) in [6.07, 6.45) is 2.56. The van der Waals surface area contributed by atoms with Gasteiger partial charge in [0.2, 0.25) is 0 Å². The Hall–Kier alpha value is -3.98. The minimum absolute atomic E-state index is 0.172. The van der Waals surface area contributed by atoms with E-state index >= 15 is 0 Å². The van der Waals surface area contributed by atoms with Crippen molar-refractivity contribution in [2.24, 2.45) is 0 Å². The van der Waals surface area contributed by atoms with Crippen LogP contribution in [0, 0.1) is 18.3 Å². The predicted molar refractivity (Wildman–Crippen MR) is 123 cm³/mol. The zero-order valence-electron chi connectivity index (χ0n) is 17.9. The van der Waals surface area contributed by atoms with Crippen molar-refractivity contribution in [2.45, 2.75) is 38.6 Å². The summed E-state index contributed by atoms with van der Waals surface area (Å²) in [4.78, 5) is 18.3. The van der Waals surface area contributed by atoms with Gasteiger partial charge < -0.3 is 5.32 Å². The first-order valence-electron chi connectivity index (χ1n) is 10.8. The third kappa shape index (κ3) is 3.97. The normalized spacial score (nSPS) is 13.1. The summed E-state index contributed by atoms with van der Waals surface area (Å²) in [5.41, 5.74) is 5.87. The van der Waals surface area contributed by atoms with E-state index in [0.717, 1.165) is 46.4 Å². The topological polar surface area (TPSA) is 83.6 Å². The minimum atomic E-state index is -0.172. The number of nitrogens with zero attached hydrogens (tertiary/aromatic N) is 4. The zero-order chi connectivity index (χ0) is 22.1. The van der Waals surface area contributed by atoms with E-state index < -0.39 is 0 Å². The van der Waals surface area contributed by atoms with Gasteiger partial charge in [0.15, 0.2) is 5.65 Å². The lowest BCUT2D eigenvalue weighted by Crippen LogP contribution is -2.14. The predicted octanol–water partition coefficient (Wildman–Crippen LogP) is 4.98. The molecular formula is C26H23N5O. The maximum absolute atomic E-state index is 13.3. The Morgan fingerprint density at radius 1 is 1.12 bits per heavy atom. The molecule has 158 valence electrons. The van der Waals surface area contributed by atoms with E-state index in [4.69, 9.17) is 15.3 Å². The van der Waals surface area contributed by atoms with Crippen molar-refractivity contribution in [3.63, 3.8) is 0 Å². The van der Waals surface area contributed by atoms with Crippen molar-refractivity contribution in [3.05, 3.63) is 88.7 Å². The maximum atomic E-state index is 13.3. The van der Waals surface area contributed by atoms with Gasteiger partial charge in [0.25, 0.3) is 5.91 Å². The lowest BCUT2D eigenvalue weighted by molar-refractivity contribution is 0.102. The summed E-state index contributed by atoms with van der Waals surface area (Å²) in [6.45, 7) is 2.53. The fourth-order valence-corrected chi connectivity index (χ4v) is 4.00. The van der Waals surface area contributed by atoms with Crippen LogP contribution in [0.15, 0.2) is 60.7 Å². The van der Waals surface area contributed by atoms with Crippen LogP contribution in [0.25, 0.3) is 11.0 Å². The Morgan fingerprint density at radius 3 is 2.56 bits per heavy atom. The average molecular weight is 422 g/mol. The summed E-state index contributed by atoms with van der Waals surface area (Å²) < 4.78 is 1.90. The molecule has 0 aliphatic heterocycles. The van der Waals surface area contributed by atoms with Gasteiger partial charge in [-0.15, -0.1) is 0 Å². The monoisotopic (exact) mass is 421 g/mol. The highest BCUT2D eigenvalue weighted by Crippen LogP contribution is 2.40. The second kappa shape index (κ2) is 8.27. The Morgan fingerprint density at radius 2 is 1.88 bits per heavy atom. The second-order valence-corrected chi connectivity index (χ2v) is 8.28. The van der Waals surface area contributed by atoms with E-state index in [0.29, 0.717) is 30.1 Å². The number of amides is 1. The number of hydrogen-bond acceptors (Lipinski definition) is 4. The van der Waals surface area contributed by atoms with Crippen molar-refractivity contribution < 1.29 is 4.79 Å². The highest BCUT2D eigenvalue weighted by molar-refractivity contribution is 6.12. The Balaban J connectivity index is 1.53. The van der Waals surface area contributed by atoms with Gasteiger partial charge in [-0.2, -0.15) is 10.4 Å². The molecule has 1 N–H and O–H groups in total. The third-order valence-corrected chi connectivity index (χ3v) is 5.81. The molecule has 6 heteroatoms. The Kier molecular flexibility index (Phi) is 5.16. The van der Waals surface area contributed by atoms with Crippen molar-refractivity contribution >= 4 is 22.6 Å². The number of benzene rings is 2. The first-order chi connectivity index (χ1) is 15.6. The average Bonchev–Trinajstić information content (AvgIpc) is 3.61. The van der Waals surface area contributed by atoms with Gasteiger partial charge in [-0.3, -0.25) is 4.79 Å². The van der Waals surface area contributed by atoms with Crippen molar-refractivity contribution in [1.82, 2.24) is 14.8 Å². The van der Waals surface area contributed by atoms with Crippen LogP contribution < -0.4 is 5.32 Å². The van der Waals surface area contributed by atoms with Gasteiger partial charge in [-0.05, 0) is 49.1 Å². The number of rotatable bonds is 6. The molecule has 2 heterocycles. The molecule has 5 rings (SSSR count). The van der Waals surface area contributed by atoms with Gasteiger partial charge >= 0.3 is 0 Å². The van der Waals surface area contributed by atoms with Crippen LogP contribution in [0.4, 0.5) is 5.69 Å². The number of anilines is 1. The molecule has 2 aromatic carbocycles. The zero-order valence-corrected chi connectivity index (χ0v) is 17.9. The third-order valence-electron chi connectivity index (χ3n) is 5.81. The first kappa shape index (κ1) is 20.0. The summed E-state index contributed by atoms with van der Waals surface area (Å²) in [5.74, 6) is 0.242. The standard InChI is InChI=1S/C26H23N5O/c1-17-24-22(26(32)28-21-11-7-18(8-12-21)13-14-27)15-23(20-9-10-20)29-25(24)31(30-17)16-19-5-3-2-4-6-19/h2-8,11-12,15,20H,9-10,13,16H2,1H3,(H,28,32). The smallest absolute Gasteiger partial charge is 0.256 e. The van der Waals surface area contributed by atoms with Crippen molar-refractivity contribution in [1.29, 1.82) is 5.26 Å². The molecule has 1 aliphatic carbocycles. The summed E-state index contributed by atoms with van der Waals surface area (Å²) in [7, 11) is 0. The highest BCUT2D eigenvalue weighted by atomic mass is 16.1. The van der Waals surface area contributed by atoms with Crippen molar-refractivity contribution in [2.75, 3.05) is 5.32 Å². The summed E-state index contributed by atoms with van der Waals surface area (Å²) in [6, 6.07) is 21.6. The number of nitrogens with one attached hydrogen (secondary N) is 1. The van der Waals surface area contributed by atoms with E-state index in [1.807, 2.05) is 60.1 Å². The molecular weight excluding hydrogens is 398 g/mol. The quantitative estimate of drug-likeness (QED) is 0.476. The van der Waals surface area contributed by atoms with Gasteiger partial charge in [0.05, 0.1) is 35.7 Å². The Bertz CT molecular complexity index is 1330. The van der Waals surface area contributed by atoms with E-state index in [1.54, 1.807) is 0 Å². The van der Waals surface area contributed by atoms with Gasteiger partial charge in [-0.25, -0.2) is 9.67 Å². The number of nitriles is 1. The summed E-state index contributed by atoms with van der Waals surface area (Å²) >= 11 is 0. The fourth-order valence-electron chi connectivity index (χ4n) is 4.00. The highest BCUT2D eigenvalue weighted by Gasteiger charge is 2.29. The fraction of sp³-hybridized carbons (Fsp3) is 0.231. The molecule has 0 radical (unpaired) electrons. The molecule has 2 aromatic heterocycles. The van der Waals surface area contributed by atoms with Crippen molar-refractivity contribution in [3.8, 4) is 6.07 Å².